The zero-order valence-electron chi connectivity index (χ0n) is 14.8. The van der Waals surface area contributed by atoms with Gasteiger partial charge in [0.1, 0.15) is 0 Å². The van der Waals surface area contributed by atoms with Crippen LogP contribution in [0.25, 0.3) is 0 Å². The van der Waals surface area contributed by atoms with Crippen molar-refractivity contribution >= 4 is 0 Å². The van der Waals surface area contributed by atoms with E-state index in [9.17, 15) is 0 Å². The smallest absolute Gasteiger partial charge is 0.0810 e. The van der Waals surface area contributed by atoms with Crippen molar-refractivity contribution in [2.24, 2.45) is 16.7 Å². The Morgan fingerprint density at radius 2 is 1.76 bits per heavy atom. The summed E-state index contributed by atoms with van der Waals surface area (Å²) in [4.78, 5) is 0. The molecule has 3 aliphatic rings. The largest absolute Gasteiger partial charge is 0.370 e. The summed E-state index contributed by atoms with van der Waals surface area (Å²) in [6.45, 7) is 13.0. The number of ether oxygens (including phenoxy) is 1. The normalized spacial score (nSPS) is 40.3. The summed E-state index contributed by atoms with van der Waals surface area (Å²) in [5.41, 5.74) is 0.979. The molecule has 3 rings (SSSR count). The van der Waals surface area contributed by atoms with E-state index < -0.39 is 0 Å². The van der Waals surface area contributed by atoms with Crippen LogP contribution in [0.1, 0.15) is 79.6 Å². The van der Waals surface area contributed by atoms with Crippen molar-refractivity contribution in [1.82, 2.24) is 5.32 Å². The molecule has 0 aromatic carbocycles. The molecule has 0 spiro atoms. The standard InChI is InChI=1S/C19H35NO/c1-14(2)20-13-19(9-6-7-10-19)21-16-12-15-8-11-18(16,5)17(15,3)4/h14-16,20H,6-13H2,1-5H3. The minimum atomic E-state index is 0.124. The average molecular weight is 293 g/mol. The first-order valence-corrected chi connectivity index (χ1v) is 9.20. The first kappa shape index (κ1) is 15.8. The van der Waals surface area contributed by atoms with Crippen molar-refractivity contribution in [3.8, 4) is 0 Å². The molecule has 2 bridgehead atoms. The zero-order chi connectivity index (χ0) is 15.3. The van der Waals surface area contributed by atoms with Gasteiger partial charge in [0.05, 0.1) is 11.7 Å². The first-order chi connectivity index (χ1) is 9.79. The molecule has 122 valence electrons. The highest BCUT2D eigenvalue weighted by Gasteiger charge is 2.63. The predicted molar refractivity (Wildman–Crippen MR) is 88.4 cm³/mol. The molecule has 0 amide bonds. The van der Waals surface area contributed by atoms with Crippen LogP contribution in [0.15, 0.2) is 0 Å². The lowest BCUT2D eigenvalue weighted by Gasteiger charge is -2.43. The van der Waals surface area contributed by atoms with E-state index in [4.69, 9.17) is 4.74 Å². The molecule has 0 aromatic rings. The molecule has 3 fully saturated rings. The van der Waals surface area contributed by atoms with Crippen LogP contribution in [0.5, 0.6) is 0 Å². The summed E-state index contributed by atoms with van der Waals surface area (Å²) in [6.07, 6.45) is 9.76. The summed E-state index contributed by atoms with van der Waals surface area (Å²) in [5, 5.41) is 3.65. The lowest BCUT2D eigenvalue weighted by Crippen LogP contribution is -2.49. The van der Waals surface area contributed by atoms with Gasteiger partial charge in [-0.2, -0.15) is 0 Å². The van der Waals surface area contributed by atoms with Gasteiger partial charge in [-0.3, -0.25) is 0 Å². The Morgan fingerprint density at radius 1 is 1.10 bits per heavy atom. The summed E-state index contributed by atoms with van der Waals surface area (Å²) >= 11 is 0. The molecule has 0 heterocycles. The van der Waals surface area contributed by atoms with Gasteiger partial charge in [0.2, 0.25) is 0 Å². The maximum Gasteiger partial charge on any atom is 0.0810 e. The summed E-state index contributed by atoms with van der Waals surface area (Å²) < 4.78 is 6.92. The van der Waals surface area contributed by atoms with Gasteiger partial charge in [-0.05, 0) is 48.9 Å². The van der Waals surface area contributed by atoms with Crippen LogP contribution in [-0.2, 0) is 4.74 Å². The Hall–Kier alpha value is -0.0800. The van der Waals surface area contributed by atoms with E-state index in [1.54, 1.807) is 0 Å². The molecule has 2 nitrogen and oxygen atoms in total. The first-order valence-electron chi connectivity index (χ1n) is 9.20. The van der Waals surface area contributed by atoms with Crippen LogP contribution in [-0.4, -0.2) is 24.3 Å². The fraction of sp³-hybridized carbons (Fsp3) is 1.00. The van der Waals surface area contributed by atoms with Crippen molar-refractivity contribution in [3.05, 3.63) is 0 Å². The number of hydrogen-bond donors (Lipinski definition) is 1. The third-order valence-corrected chi connectivity index (χ3v) is 7.45. The molecule has 0 saturated heterocycles. The van der Waals surface area contributed by atoms with E-state index in [2.05, 4.69) is 39.9 Å². The SMILES string of the molecule is CC(C)NCC1(OC2CC3CCC2(C)C3(C)C)CCCC1. The molecule has 0 radical (unpaired) electrons. The Bertz CT molecular complexity index is 383. The van der Waals surface area contributed by atoms with Gasteiger partial charge < -0.3 is 10.1 Å². The molecular weight excluding hydrogens is 258 g/mol. The molecule has 0 aromatic heterocycles. The van der Waals surface area contributed by atoms with Gasteiger partial charge in [-0.25, -0.2) is 0 Å². The van der Waals surface area contributed by atoms with Crippen molar-refractivity contribution in [2.75, 3.05) is 6.54 Å². The van der Waals surface area contributed by atoms with Crippen LogP contribution in [0.3, 0.4) is 0 Å². The molecule has 2 heteroatoms. The summed E-state index contributed by atoms with van der Waals surface area (Å²) in [5.74, 6) is 0.879. The van der Waals surface area contributed by atoms with E-state index >= 15 is 0 Å². The Balaban J connectivity index is 1.73. The molecule has 0 aliphatic heterocycles. The van der Waals surface area contributed by atoms with Gasteiger partial charge in [-0.15, -0.1) is 0 Å². The minimum Gasteiger partial charge on any atom is -0.370 e. The fourth-order valence-electron chi connectivity index (χ4n) is 5.36. The quantitative estimate of drug-likeness (QED) is 0.804. The van der Waals surface area contributed by atoms with Crippen LogP contribution in [0, 0.1) is 16.7 Å². The number of hydrogen-bond acceptors (Lipinski definition) is 2. The second kappa shape index (κ2) is 5.23. The summed E-state index contributed by atoms with van der Waals surface area (Å²) in [7, 11) is 0. The number of nitrogens with one attached hydrogen (secondary N) is 1. The molecule has 3 unspecified atom stereocenters. The van der Waals surface area contributed by atoms with Gasteiger partial charge in [0.15, 0.2) is 0 Å². The van der Waals surface area contributed by atoms with Gasteiger partial charge in [0, 0.05) is 12.6 Å². The lowest BCUT2D eigenvalue weighted by molar-refractivity contribution is -0.140. The van der Waals surface area contributed by atoms with E-state index in [-0.39, 0.29) is 5.60 Å². The highest BCUT2D eigenvalue weighted by Crippen LogP contribution is 2.66. The zero-order valence-corrected chi connectivity index (χ0v) is 14.8. The highest BCUT2D eigenvalue weighted by molar-refractivity contribution is 5.12. The van der Waals surface area contributed by atoms with Crippen molar-refractivity contribution < 1.29 is 4.74 Å². The molecule has 3 aliphatic carbocycles. The van der Waals surface area contributed by atoms with E-state index in [1.807, 2.05) is 0 Å². The maximum atomic E-state index is 6.92. The van der Waals surface area contributed by atoms with Gasteiger partial charge in [-0.1, -0.05) is 47.5 Å². The second-order valence-electron chi connectivity index (χ2n) is 9.14. The molecule has 21 heavy (non-hydrogen) atoms. The van der Waals surface area contributed by atoms with Crippen LogP contribution < -0.4 is 5.32 Å². The molecule has 3 atom stereocenters. The van der Waals surface area contributed by atoms with Crippen LogP contribution in [0.4, 0.5) is 0 Å². The Labute approximate surface area is 131 Å². The van der Waals surface area contributed by atoms with Crippen LogP contribution in [0.2, 0.25) is 0 Å². The minimum absolute atomic E-state index is 0.124. The summed E-state index contributed by atoms with van der Waals surface area (Å²) in [6, 6.07) is 0.554. The third-order valence-electron chi connectivity index (χ3n) is 7.45. The van der Waals surface area contributed by atoms with E-state index in [0.717, 1.165) is 12.5 Å². The third kappa shape index (κ3) is 2.47. The highest BCUT2D eigenvalue weighted by atomic mass is 16.5. The molecule has 1 N–H and O–H groups in total. The molecular formula is C19H35NO. The fourth-order valence-corrected chi connectivity index (χ4v) is 5.36. The predicted octanol–water partition coefficient (Wildman–Crippen LogP) is 4.53. The molecule has 3 saturated carbocycles. The Kier molecular flexibility index (Phi) is 3.94. The number of rotatable bonds is 5. The maximum absolute atomic E-state index is 6.92. The van der Waals surface area contributed by atoms with E-state index in [1.165, 1.54) is 44.9 Å². The van der Waals surface area contributed by atoms with Crippen molar-refractivity contribution in [3.63, 3.8) is 0 Å². The topological polar surface area (TPSA) is 21.3 Å². The lowest BCUT2D eigenvalue weighted by atomic mass is 9.70. The number of fused-ring (bicyclic) bond motifs is 2. The monoisotopic (exact) mass is 293 g/mol. The average Bonchev–Trinajstić information content (AvgIpc) is 3.00. The van der Waals surface area contributed by atoms with E-state index in [0.29, 0.717) is 23.0 Å². The van der Waals surface area contributed by atoms with Crippen LogP contribution >= 0.6 is 0 Å². The second-order valence-corrected chi connectivity index (χ2v) is 9.14. The van der Waals surface area contributed by atoms with Crippen molar-refractivity contribution in [1.29, 1.82) is 0 Å². The van der Waals surface area contributed by atoms with Gasteiger partial charge >= 0.3 is 0 Å². The van der Waals surface area contributed by atoms with Crippen molar-refractivity contribution in [2.45, 2.75) is 97.3 Å². The van der Waals surface area contributed by atoms with Gasteiger partial charge in [0.25, 0.3) is 0 Å². The Morgan fingerprint density at radius 3 is 2.24 bits per heavy atom.